The minimum Gasteiger partial charge on any atom is -0.477 e. The molecule has 0 radical (unpaired) electrons. The fourth-order valence-electron chi connectivity index (χ4n) is 7.07. The van der Waals surface area contributed by atoms with Gasteiger partial charge in [-0.25, -0.2) is 13.8 Å². The Kier molecular flexibility index (Phi) is 26.0. The van der Waals surface area contributed by atoms with Gasteiger partial charge in [-0.05, 0) is 37.8 Å². The van der Waals surface area contributed by atoms with E-state index in [0.29, 0.717) is 12.8 Å². The summed E-state index contributed by atoms with van der Waals surface area (Å²) < 4.78 is 95.3. The molecule has 0 aliphatic carbocycles. The summed E-state index contributed by atoms with van der Waals surface area (Å²) in [5.74, 6) is -13.8. The van der Waals surface area contributed by atoms with Crippen LogP contribution in [0.5, 0.6) is 0 Å². The van der Waals surface area contributed by atoms with E-state index in [9.17, 15) is 36.7 Å². The summed E-state index contributed by atoms with van der Waals surface area (Å²) in [5, 5.41) is 21.5. The lowest BCUT2D eigenvalue weighted by Gasteiger charge is -2.47. The molecule has 0 unspecified atom stereocenters. The molecule has 0 saturated carbocycles. The quantitative estimate of drug-likeness (QED) is 0.0836. The predicted molar refractivity (Wildman–Crippen MR) is 228 cm³/mol. The van der Waals surface area contributed by atoms with Crippen molar-refractivity contribution in [2.45, 2.75) is 142 Å². The number of aliphatic hydroxyl groups is 1. The second-order valence-corrected chi connectivity index (χ2v) is 17.0. The smallest absolute Gasteiger partial charge is 0.379 e. The first-order valence-electron chi connectivity index (χ1n) is 20.2. The second-order valence-electron chi connectivity index (χ2n) is 14.5. The lowest BCUT2D eigenvalue weighted by Crippen LogP contribution is -2.67. The molecule has 63 heavy (non-hydrogen) atoms. The van der Waals surface area contributed by atoms with Crippen LogP contribution in [0.2, 0.25) is 0 Å². The summed E-state index contributed by atoms with van der Waals surface area (Å²) in [6, 6.07) is 15.9. The average molecular weight is 964 g/mol. The van der Waals surface area contributed by atoms with Gasteiger partial charge in [-0.2, -0.15) is 17.6 Å². The van der Waals surface area contributed by atoms with Crippen molar-refractivity contribution < 1.29 is 74.8 Å². The Bertz CT molecular complexity index is 1710. The van der Waals surface area contributed by atoms with Gasteiger partial charge in [0, 0.05) is 53.7 Å². The van der Waals surface area contributed by atoms with Crippen LogP contribution in [0.4, 0.5) is 17.6 Å². The van der Waals surface area contributed by atoms with Gasteiger partial charge in [-0.3, -0.25) is 9.59 Å². The summed E-state index contributed by atoms with van der Waals surface area (Å²) in [7, 11) is 7.36. The van der Waals surface area contributed by atoms with Gasteiger partial charge in [0.1, 0.15) is 0 Å². The Morgan fingerprint density at radius 1 is 0.714 bits per heavy atom. The lowest BCUT2D eigenvalue weighted by atomic mass is 9.83. The number of nitrogens with one attached hydrogen (secondary N) is 2. The van der Waals surface area contributed by atoms with Crippen LogP contribution in [0.1, 0.15) is 79.4 Å². The van der Waals surface area contributed by atoms with Gasteiger partial charge in [0.2, 0.25) is 21.0 Å². The van der Waals surface area contributed by atoms with E-state index in [-0.39, 0.29) is 38.3 Å². The van der Waals surface area contributed by atoms with Crippen molar-refractivity contribution in [2.24, 2.45) is 11.8 Å². The van der Waals surface area contributed by atoms with Gasteiger partial charge in [0.15, 0.2) is 12.2 Å². The SMILES string of the molecule is CCO.CCOC(=O)C(F)(F)[C@H]1O[C@H](CC)[C@H](C)[C@H](OCc2ccccc2)[C@H]1NC(C)=O.CC[C@H]1O[C@H](C(F)(F)C(=O)O)[C@H](NC(C)=O)[C@@H](OCc2ccccc2)[C@H]1C.O=S(Cl)Cl. The van der Waals surface area contributed by atoms with E-state index in [0.717, 1.165) is 11.1 Å². The first-order valence-corrected chi connectivity index (χ1v) is 23.0. The van der Waals surface area contributed by atoms with Crippen molar-refractivity contribution in [2.75, 3.05) is 13.2 Å². The molecule has 2 aliphatic heterocycles. The minimum atomic E-state index is -4.17. The number of hydrogen-bond acceptors (Lipinski definition) is 11. The van der Waals surface area contributed by atoms with Crippen LogP contribution in [-0.2, 0) is 65.3 Å². The highest BCUT2D eigenvalue weighted by atomic mass is 36.0. The molecular formula is C42H60Cl2F4N2O12S. The highest BCUT2D eigenvalue weighted by molar-refractivity contribution is 8.26. The fourth-order valence-corrected chi connectivity index (χ4v) is 7.07. The van der Waals surface area contributed by atoms with Crippen molar-refractivity contribution in [1.82, 2.24) is 10.6 Å². The number of carbonyl (C=O) groups excluding carboxylic acids is 3. The van der Waals surface area contributed by atoms with Gasteiger partial charge >= 0.3 is 23.8 Å². The number of alkyl halides is 4. The molecule has 2 aliphatic rings. The number of aliphatic hydroxyl groups excluding tert-OH is 1. The van der Waals surface area contributed by atoms with Crippen LogP contribution < -0.4 is 10.6 Å². The van der Waals surface area contributed by atoms with E-state index >= 15 is 0 Å². The van der Waals surface area contributed by atoms with Crippen LogP contribution in [-0.4, -0.2) is 112 Å². The van der Waals surface area contributed by atoms with Crippen LogP contribution in [0.25, 0.3) is 0 Å². The molecule has 2 amide bonds. The Morgan fingerprint density at radius 3 is 1.33 bits per heavy atom. The molecule has 4 rings (SSSR count). The highest BCUT2D eigenvalue weighted by Crippen LogP contribution is 2.39. The first-order chi connectivity index (χ1) is 29.5. The molecule has 2 saturated heterocycles. The van der Waals surface area contributed by atoms with Gasteiger partial charge in [-0.15, -0.1) is 0 Å². The topological polar surface area (TPSA) is 196 Å². The monoisotopic (exact) mass is 962 g/mol. The number of carboxylic acids is 1. The first kappa shape index (κ1) is 57.6. The number of carboxylic acid groups (broad SMARTS) is 1. The number of benzene rings is 2. The van der Waals surface area contributed by atoms with E-state index in [1.54, 1.807) is 20.8 Å². The third-order valence-electron chi connectivity index (χ3n) is 9.87. The zero-order chi connectivity index (χ0) is 48.1. The van der Waals surface area contributed by atoms with Crippen molar-refractivity contribution in [3.05, 3.63) is 71.8 Å². The highest BCUT2D eigenvalue weighted by Gasteiger charge is 2.60. The molecule has 2 heterocycles. The van der Waals surface area contributed by atoms with Crippen molar-refractivity contribution in [1.29, 1.82) is 0 Å². The summed E-state index contributed by atoms with van der Waals surface area (Å²) in [5.41, 5.74) is 1.71. The van der Waals surface area contributed by atoms with Crippen molar-refractivity contribution in [3.8, 4) is 0 Å². The van der Waals surface area contributed by atoms with Gasteiger partial charge in [0.05, 0.1) is 56.3 Å². The number of halogens is 6. The summed E-state index contributed by atoms with van der Waals surface area (Å²) in [6.07, 6.45) is -5.85. The molecule has 2 fully saturated rings. The maximum absolute atomic E-state index is 15.0. The van der Waals surface area contributed by atoms with Gasteiger partial charge in [-0.1, -0.05) is 88.4 Å². The molecule has 21 heteroatoms. The summed E-state index contributed by atoms with van der Waals surface area (Å²) in [4.78, 5) is 46.5. The van der Waals surface area contributed by atoms with E-state index in [2.05, 4.69) is 36.7 Å². The Hall–Kier alpha value is -3.43. The Labute approximate surface area is 377 Å². The van der Waals surface area contributed by atoms with Crippen LogP contribution in [0.15, 0.2) is 60.7 Å². The molecule has 2 aromatic carbocycles. The van der Waals surface area contributed by atoms with Crippen molar-refractivity contribution >= 4 is 54.3 Å². The molecule has 358 valence electrons. The van der Waals surface area contributed by atoms with Crippen LogP contribution in [0.3, 0.4) is 0 Å². The third kappa shape index (κ3) is 18.2. The Balaban J connectivity index is 0.000000549. The van der Waals surface area contributed by atoms with Crippen LogP contribution in [0, 0.1) is 11.8 Å². The summed E-state index contributed by atoms with van der Waals surface area (Å²) in [6.45, 7) is 13.1. The average Bonchev–Trinajstić information content (AvgIpc) is 3.21. The molecule has 14 nitrogen and oxygen atoms in total. The third-order valence-corrected chi connectivity index (χ3v) is 9.87. The normalized spacial score (nSPS) is 25.7. The molecule has 4 N–H and O–H groups in total. The fraction of sp³-hybridized carbons (Fsp3) is 0.619. The van der Waals surface area contributed by atoms with Gasteiger partial charge in [0.25, 0.3) is 0 Å². The zero-order valence-electron chi connectivity index (χ0n) is 36.4. The number of rotatable bonds is 15. The van der Waals surface area contributed by atoms with E-state index < -0.39 is 93.5 Å². The number of amides is 2. The standard InChI is InChI=1S/C21H29F2NO5.C19H25F2NO5.C2H6O.Cl2OS/c1-5-16-13(3)18(28-12-15-10-8-7-9-11-15)17(24-14(4)25)19(29-16)21(22,23)20(26)27-6-2;1-4-14-11(2)16(26-10-13-8-6-5-7-9-13)15(22-12(3)23)17(27-14)19(20,21)18(24)25;1-2-3;1-4(2)3/h7-11,13,16-19H,5-6,12H2,1-4H3,(H,24,25);5-9,11,14-17H,4,10H2,1-3H3,(H,22,23)(H,24,25);3H,2H2,1H3;/t13-,16+,17+,18-,19-;11-,14+,15+,16-,17-;;/m00../s1. The van der Waals surface area contributed by atoms with E-state index in [1.165, 1.54) is 20.8 Å². The van der Waals surface area contributed by atoms with E-state index in [4.69, 9.17) is 33.4 Å². The lowest BCUT2D eigenvalue weighted by molar-refractivity contribution is -0.244. The van der Waals surface area contributed by atoms with E-state index in [1.807, 2.05) is 74.5 Å². The molecule has 2 aromatic rings. The second kappa shape index (κ2) is 28.5. The zero-order valence-corrected chi connectivity index (χ0v) is 38.8. The Morgan fingerprint density at radius 2 is 1.05 bits per heavy atom. The molecule has 0 bridgehead atoms. The largest absolute Gasteiger partial charge is 0.477 e. The molecule has 0 aromatic heterocycles. The predicted octanol–water partition coefficient (Wildman–Crippen LogP) is 6.74. The maximum atomic E-state index is 15.0. The van der Waals surface area contributed by atoms with Crippen LogP contribution >= 0.6 is 21.4 Å². The number of hydrogen-bond donors (Lipinski definition) is 4. The number of ether oxygens (including phenoxy) is 5. The number of esters is 1. The van der Waals surface area contributed by atoms with Gasteiger partial charge < -0.3 is 44.5 Å². The maximum Gasteiger partial charge on any atom is 0.379 e. The summed E-state index contributed by atoms with van der Waals surface area (Å²) >= 11 is 0. The van der Waals surface area contributed by atoms with Crippen molar-refractivity contribution in [3.63, 3.8) is 0 Å². The molecular weight excluding hydrogens is 903 g/mol. The molecule has 10 atom stereocenters. The number of aliphatic carboxylic acids is 1. The number of carbonyl (C=O) groups is 4. The molecule has 0 spiro atoms. The minimum absolute atomic E-state index is 0.147.